The van der Waals surface area contributed by atoms with E-state index in [-0.39, 0.29) is 5.97 Å². The molecule has 0 fully saturated rings. The van der Waals surface area contributed by atoms with E-state index >= 15 is 0 Å². The molecule has 2 N–H and O–H groups in total. The zero-order valence-corrected chi connectivity index (χ0v) is 15.2. The van der Waals surface area contributed by atoms with Crippen LogP contribution in [0.25, 0.3) is 11.4 Å². The van der Waals surface area contributed by atoms with E-state index in [1.54, 1.807) is 19.2 Å². The number of esters is 1. The number of nitrogens with two attached hydrogens (primary N) is 1. The van der Waals surface area contributed by atoms with Gasteiger partial charge in [-0.1, -0.05) is 36.0 Å². The first-order valence-corrected chi connectivity index (χ1v) is 8.76. The fourth-order valence-electron chi connectivity index (χ4n) is 2.39. The topological polar surface area (TPSA) is 92.3 Å². The summed E-state index contributed by atoms with van der Waals surface area (Å²) in [5.41, 5.74) is 2.32. The highest BCUT2D eigenvalue weighted by Gasteiger charge is 2.15. The molecule has 0 amide bonds. The molecular formula is C18H18N4O3S. The molecule has 0 aliphatic heterocycles. The number of rotatable bonds is 6. The fraction of sp³-hybridized carbons (Fsp3) is 0.167. The molecule has 0 atom stereocenters. The van der Waals surface area contributed by atoms with Crippen molar-refractivity contribution < 1.29 is 14.3 Å². The maximum atomic E-state index is 11.5. The van der Waals surface area contributed by atoms with Crippen LogP contribution in [-0.2, 0) is 10.5 Å². The molecule has 0 saturated carbocycles. The van der Waals surface area contributed by atoms with E-state index in [1.165, 1.54) is 23.5 Å². The smallest absolute Gasteiger partial charge is 0.337 e. The average molecular weight is 370 g/mol. The summed E-state index contributed by atoms with van der Waals surface area (Å²) in [5, 5.41) is 8.93. The lowest BCUT2D eigenvalue weighted by atomic mass is 10.1. The monoisotopic (exact) mass is 370 g/mol. The molecule has 1 aromatic heterocycles. The molecule has 3 aromatic rings. The van der Waals surface area contributed by atoms with Gasteiger partial charge in [0.25, 0.3) is 0 Å². The second-order valence-electron chi connectivity index (χ2n) is 5.35. The molecule has 0 saturated heterocycles. The van der Waals surface area contributed by atoms with Gasteiger partial charge in [-0.3, -0.25) is 0 Å². The molecule has 8 heteroatoms. The Balaban J connectivity index is 1.74. The largest absolute Gasteiger partial charge is 0.496 e. The van der Waals surface area contributed by atoms with E-state index in [0.29, 0.717) is 28.0 Å². The molecule has 0 spiro atoms. The Bertz CT molecular complexity index is 909. The summed E-state index contributed by atoms with van der Waals surface area (Å²) in [7, 11) is 2.96. The Labute approximate surface area is 155 Å². The number of nitrogens with zero attached hydrogens (tertiary/aromatic N) is 3. The van der Waals surface area contributed by atoms with Crippen molar-refractivity contribution in [2.24, 2.45) is 0 Å². The Morgan fingerprint density at radius 3 is 2.54 bits per heavy atom. The molecule has 0 bridgehead atoms. The van der Waals surface area contributed by atoms with Gasteiger partial charge in [0, 0.05) is 5.75 Å². The van der Waals surface area contributed by atoms with Crippen LogP contribution in [0.1, 0.15) is 15.9 Å². The number of hydrogen-bond donors (Lipinski definition) is 1. The second-order valence-corrected chi connectivity index (χ2v) is 6.30. The van der Waals surface area contributed by atoms with E-state index in [4.69, 9.17) is 15.3 Å². The summed E-state index contributed by atoms with van der Waals surface area (Å²) in [6.45, 7) is 0. The van der Waals surface area contributed by atoms with Crippen molar-refractivity contribution in [3.8, 4) is 17.1 Å². The van der Waals surface area contributed by atoms with Crippen LogP contribution in [-0.4, -0.2) is 35.1 Å². The lowest BCUT2D eigenvalue weighted by Gasteiger charge is -2.08. The van der Waals surface area contributed by atoms with Gasteiger partial charge in [0.05, 0.1) is 25.3 Å². The van der Waals surface area contributed by atoms with E-state index in [1.807, 2.05) is 36.4 Å². The van der Waals surface area contributed by atoms with Gasteiger partial charge < -0.3 is 15.3 Å². The highest BCUT2D eigenvalue weighted by atomic mass is 32.2. The van der Waals surface area contributed by atoms with Gasteiger partial charge in [0.2, 0.25) is 5.16 Å². The minimum absolute atomic E-state index is 0.354. The van der Waals surface area contributed by atoms with Crippen molar-refractivity contribution in [1.82, 2.24) is 14.9 Å². The highest BCUT2D eigenvalue weighted by molar-refractivity contribution is 7.98. The van der Waals surface area contributed by atoms with Gasteiger partial charge in [-0.05, 0) is 29.8 Å². The van der Waals surface area contributed by atoms with Crippen LogP contribution in [0.3, 0.4) is 0 Å². The lowest BCUT2D eigenvalue weighted by Crippen LogP contribution is -2.12. The van der Waals surface area contributed by atoms with E-state index in [0.717, 1.165) is 11.1 Å². The molecule has 3 rings (SSSR count). The van der Waals surface area contributed by atoms with Crippen LogP contribution in [0, 0.1) is 0 Å². The van der Waals surface area contributed by atoms with Gasteiger partial charge in [0.15, 0.2) is 5.82 Å². The van der Waals surface area contributed by atoms with E-state index < -0.39 is 0 Å². The Morgan fingerprint density at radius 1 is 1.12 bits per heavy atom. The second kappa shape index (κ2) is 7.92. The highest BCUT2D eigenvalue weighted by Crippen LogP contribution is 2.30. The number of carbonyl (C=O) groups excluding carboxylic acids is 1. The number of methoxy groups -OCH3 is 2. The fourth-order valence-corrected chi connectivity index (χ4v) is 3.20. The van der Waals surface area contributed by atoms with Crippen molar-refractivity contribution in [2.75, 3.05) is 20.1 Å². The van der Waals surface area contributed by atoms with Crippen molar-refractivity contribution in [3.05, 3.63) is 59.7 Å². The summed E-state index contributed by atoms with van der Waals surface area (Å²) in [5.74, 6) is 7.66. The number of ether oxygens (including phenoxy) is 2. The van der Waals surface area contributed by atoms with Crippen molar-refractivity contribution >= 4 is 17.7 Å². The van der Waals surface area contributed by atoms with Crippen LogP contribution in [0.4, 0.5) is 0 Å². The minimum atomic E-state index is -0.354. The predicted molar refractivity (Wildman–Crippen MR) is 99.5 cm³/mol. The number of para-hydroxylation sites is 1. The standard InChI is InChI=1S/C18H18N4O3S/c1-24-15-6-4-3-5-14(15)16-20-21-18(22(16)19)26-11-12-7-9-13(10-8-12)17(23)25-2/h3-10H,11,19H2,1-2H3. The SMILES string of the molecule is COC(=O)c1ccc(CSc2nnc(-c3ccccc3OC)n2N)cc1. The maximum absolute atomic E-state index is 11.5. The minimum Gasteiger partial charge on any atom is -0.496 e. The molecule has 26 heavy (non-hydrogen) atoms. The van der Waals surface area contributed by atoms with Gasteiger partial charge in [0.1, 0.15) is 5.75 Å². The van der Waals surface area contributed by atoms with Gasteiger partial charge in [-0.25, -0.2) is 9.47 Å². The number of hydrogen-bond acceptors (Lipinski definition) is 7. The number of thioether (sulfide) groups is 1. The van der Waals surface area contributed by atoms with Crippen LogP contribution in [0.5, 0.6) is 5.75 Å². The third-order valence-corrected chi connectivity index (χ3v) is 4.77. The molecule has 0 aliphatic carbocycles. The summed E-state index contributed by atoms with van der Waals surface area (Å²) < 4.78 is 11.5. The summed E-state index contributed by atoms with van der Waals surface area (Å²) in [6.07, 6.45) is 0. The third kappa shape index (κ3) is 3.65. The number of nitrogen functional groups attached to an aromatic ring is 1. The van der Waals surface area contributed by atoms with E-state index in [2.05, 4.69) is 10.2 Å². The van der Waals surface area contributed by atoms with Crippen molar-refractivity contribution in [3.63, 3.8) is 0 Å². The van der Waals surface area contributed by atoms with Crippen LogP contribution < -0.4 is 10.6 Å². The molecule has 2 aromatic carbocycles. The molecule has 0 aliphatic rings. The normalized spacial score (nSPS) is 10.5. The molecule has 0 radical (unpaired) electrons. The predicted octanol–water partition coefficient (Wildman–Crippen LogP) is 2.75. The molecule has 0 unspecified atom stereocenters. The first-order valence-electron chi connectivity index (χ1n) is 7.78. The quantitative estimate of drug-likeness (QED) is 0.405. The van der Waals surface area contributed by atoms with Crippen LogP contribution >= 0.6 is 11.8 Å². The number of aromatic nitrogens is 3. The Hall–Kier alpha value is -3.00. The van der Waals surface area contributed by atoms with Crippen LogP contribution in [0.15, 0.2) is 53.7 Å². The van der Waals surface area contributed by atoms with Crippen molar-refractivity contribution in [1.29, 1.82) is 0 Å². The molecule has 134 valence electrons. The lowest BCUT2D eigenvalue weighted by molar-refractivity contribution is 0.0600. The zero-order chi connectivity index (χ0) is 18.5. The molecule has 1 heterocycles. The average Bonchev–Trinajstić information content (AvgIpc) is 3.06. The number of carbonyl (C=O) groups is 1. The Kier molecular flexibility index (Phi) is 5.43. The van der Waals surface area contributed by atoms with Crippen LogP contribution in [0.2, 0.25) is 0 Å². The Morgan fingerprint density at radius 2 is 1.85 bits per heavy atom. The number of benzene rings is 2. The first kappa shape index (κ1) is 17.8. The molecular weight excluding hydrogens is 352 g/mol. The van der Waals surface area contributed by atoms with E-state index in [9.17, 15) is 4.79 Å². The molecule has 7 nitrogen and oxygen atoms in total. The zero-order valence-electron chi connectivity index (χ0n) is 14.4. The van der Waals surface area contributed by atoms with Gasteiger partial charge in [-0.15, -0.1) is 10.2 Å². The van der Waals surface area contributed by atoms with Crippen molar-refractivity contribution in [2.45, 2.75) is 10.9 Å². The summed E-state index contributed by atoms with van der Waals surface area (Å²) >= 11 is 1.46. The summed E-state index contributed by atoms with van der Waals surface area (Å²) in [6, 6.07) is 14.7. The maximum Gasteiger partial charge on any atom is 0.337 e. The van der Waals surface area contributed by atoms with Gasteiger partial charge >= 0.3 is 5.97 Å². The van der Waals surface area contributed by atoms with Gasteiger partial charge in [-0.2, -0.15) is 0 Å². The first-order chi connectivity index (χ1) is 12.6. The summed E-state index contributed by atoms with van der Waals surface area (Å²) in [4.78, 5) is 11.5. The third-order valence-electron chi connectivity index (χ3n) is 3.76.